The van der Waals surface area contributed by atoms with Gasteiger partial charge in [0.05, 0.1) is 12.6 Å². The Bertz CT molecular complexity index is 1110. The monoisotopic (exact) mass is 359 g/mol. The lowest BCUT2D eigenvalue weighted by Gasteiger charge is -2.12. The number of imidazole rings is 2. The Kier molecular flexibility index (Phi) is 4.02. The summed E-state index contributed by atoms with van der Waals surface area (Å²) >= 11 is 0. The molecule has 0 radical (unpaired) electrons. The average Bonchev–Trinajstić information content (AvgIpc) is 3.31. The van der Waals surface area contributed by atoms with Gasteiger partial charge in [0.1, 0.15) is 0 Å². The Morgan fingerprint density at radius 2 is 1.96 bits per heavy atom. The lowest BCUT2D eigenvalue weighted by Crippen LogP contribution is -2.39. The molecule has 4 rings (SSSR count). The first-order valence-electron chi connectivity index (χ1n) is 9.25. The predicted octanol–water partition coefficient (Wildman–Crippen LogP) is 1.36. The van der Waals surface area contributed by atoms with Crippen LogP contribution >= 0.6 is 0 Å². The average molecular weight is 359 g/mol. The van der Waals surface area contributed by atoms with Crippen molar-refractivity contribution in [1.82, 2.24) is 23.1 Å². The van der Waals surface area contributed by atoms with Crippen LogP contribution in [0.15, 0.2) is 9.59 Å². The minimum atomic E-state index is -0.315. The van der Waals surface area contributed by atoms with Crippen LogP contribution in [0.1, 0.15) is 37.6 Å². The summed E-state index contributed by atoms with van der Waals surface area (Å²) in [7, 11) is 1.68. The third-order valence-electron chi connectivity index (χ3n) is 5.49. The first kappa shape index (κ1) is 17.1. The highest BCUT2D eigenvalue weighted by atomic mass is 16.5. The lowest BCUT2D eigenvalue weighted by atomic mass is 10.2. The molecule has 1 aliphatic rings. The summed E-state index contributed by atoms with van der Waals surface area (Å²) in [6, 6.07) is 0. The van der Waals surface area contributed by atoms with Crippen molar-refractivity contribution in [1.29, 1.82) is 0 Å². The largest absolute Gasteiger partial charge is 0.376 e. The van der Waals surface area contributed by atoms with E-state index in [9.17, 15) is 9.59 Å². The van der Waals surface area contributed by atoms with Gasteiger partial charge in [0.15, 0.2) is 11.2 Å². The topological polar surface area (TPSA) is 75.5 Å². The number of fused-ring (bicyclic) bond motifs is 3. The van der Waals surface area contributed by atoms with E-state index in [-0.39, 0.29) is 17.4 Å². The fourth-order valence-corrected chi connectivity index (χ4v) is 3.95. The highest BCUT2D eigenvalue weighted by Crippen LogP contribution is 2.23. The van der Waals surface area contributed by atoms with Crippen molar-refractivity contribution in [3.8, 4) is 0 Å². The highest BCUT2D eigenvalue weighted by molar-refractivity contribution is 5.76. The molecule has 0 bridgehead atoms. The van der Waals surface area contributed by atoms with E-state index in [4.69, 9.17) is 4.74 Å². The minimum absolute atomic E-state index is 0.171. The summed E-state index contributed by atoms with van der Waals surface area (Å²) < 4.78 is 12.6. The van der Waals surface area contributed by atoms with E-state index in [1.165, 1.54) is 9.13 Å². The quantitative estimate of drug-likeness (QED) is 0.705. The fourth-order valence-electron chi connectivity index (χ4n) is 3.95. The molecule has 1 aliphatic heterocycles. The van der Waals surface area contributed by atoms with E-state index in [1.807, 2.05) is 25.2 Å². The van der Waals surface area contributed by atoms with Gasteiger partial charge in [-0.2, -0.15) is 4.98 Å². The van der Waals surface area contributed by atoms with Gasteiger partial charge in [0, 0.05) is 31.6 Å². The van der Waals surface area contributed by atoms with Gasteiger partial charge in [0.2, 0.25) is 5.78 Å². The molecule has 0 aliphatic carbocycles. The first-order chi connectivity index (χ1) is 12.5. The minimum Gasteiger partial charge on any atom is -0.376 e. The molecule has 0 aromatic carbocycles. The van der Waals surface area contributed by atoms with Crippen LogP contribution in [-0.2, 0) is 24.9 Å². The second-order valence-electron chi connectivity index (χ2n) is 7.13. The molecule has 1 fully saturated rings. The van der Waals surface area contributed by atoms with Crippen LogP contribution in [-0.4, -0.2) is 35.8 Å². The maximum absolute atomic E-state index is 13.0. The van der Waals surface area contributed by atoms with Crippen molar-refractivity contribution in [2.75, 3.05) is 6.61 Å². The van der Waals surface area contributed by atoms with Crippen molar-refractivity contribution >= 4 is 16.9 Å². The SMILES string of the molecule is CCCn1c(=O)c2c(nc3n(CC4CCCO4)c(C)c(C)n23)n(C)c1=O. The molecular weight excluding hydrogens is 334 g/mol. The van der Waals surface area contributed by atoms with Gasteiger partial charge >= 0.3 is 5.69 Å². The molecule has 0 amide bonds. The molecule has 0 N–H and O–H groups in total. The number of aryl methyl sites for hydroxylation is 2. The molecule has 0 spiro atoms. The molecule has 1 saturated heterocycles. The molecule has 1 unspecified atom stereocenters. The smallest absolute Gasteiger partial charge is 0.332 e. The van der Waals surface area contributed by atoms with Crippen molar-refractivity contribution in [3.05, 3.63) is 32.2 Å². The van der Waals surface area contributed by atoms with Crippen LogP contribution in [0.3, 0.4) is 0 Å². The van der Waals surface area contributed by atoms with Gasteiger partial charge in [0.25, 0.3) is 5.56 Å². The van der Waals surface area contributed by atoms with Crippen LogP contribution in [0, 0.1) is 13.8 Å². The number of rotatable bonds is 4. The molecule has 3 aromatic rings. The zero-order valence-corrected chi connectivity index (χ0v) is 15.8. The van der Waals surface area contributed by atoms with E-state index in [0.717, 1.165) is 37.3 Å². The molecule has 1 atom stereocenters. The predicted molar refractivity (Wildman–Crippen MR) is 98.9 cm³/mol. The van der Waals surface area contributed by atoms with Crippen molar-refractivity contribution in [2.24, 2.45) is 7.05 Å². The molecule has 8 nitrogen and oxygen atoms in total. The maximum atomic E-state index is 13.0. The molecule has 140 valence electrons. The van der Waals surface area contributed by atoms with E-state index in [2.05, 4.69) is 9.55 Å². The first-order valence-corrected chi connectivity index (χ1v) is 9.25. The van der Waals surface area contributed by atoms with Crippen LogP contribution in [0.5, 0.6) is 0 Å². The Labute approximate surface area is 150 Å². The van der Waals surface area contributed by atoms with Crippen molar-refractivity contribution in [2.45, 2.75) is 59.2 Å². The second-order valence-corrected chi connectivity index (χ2v) is 7.13. The van der Waals surface area contributed by atoms with Gasteiger partial charge in [-0.1, -0.05) is 6.92 Å². The van der Waals surface area contributed by atoms with E-state index < -0.39 is 0 Å². The summed E-state index contributed by atoms with van der Waals surface area (Å²) in [5, 5.41) is 0. The lowest BCUT2D eigenvalue weighted by molar-refractivity contribution is 0.0974. The molecular formula is C18H25N5O3. The number of ether oxygens (including phenoxy) is 1. The summed E-state index contributed by atoms with van der Waals surface area (Å²) in [4.78, 5) is 30.3. The maximum Gasteiger partial charge on any atom is 0.332 e. The van der Waals surface area contributed by atoms with E-state index in [0.29, 0.717) is 30.0 Å². The van der Waals surface area contributed by atoms with Crippen LogP contribution < -0.4 is 11.2 Å². The number of nitrogens with zero attached hydrogens (tertiary/aromatic N) is 5. The Hall–Kier alpha value is -2.35. The van der Waals surface area contributed by atoms with Crippen LogP contribution in [0.2, 0.25) is 0 Å². The zero-order valence-electron chi connectivity index (χ0n) is 15.8. The normalized spacial score (nSPS) is 17.8. The molecule has 26 heavy (non-hydrogen) atoms. The Morgan fingerprint density at radius 3 is 2.62 bits per heavy atom. The number of aromatic nitrogens is 5. The third kappa shape index (κ3) is 2.28. The van der Waals surface area contributed by atoms with Gasteiger partial charge < -0.3 is 9.30 Å². The Balaban J connectivity index is 2.04. The summed E-state index contributed by atoms with van der Waals surface area (Å²) in [5.74, 6) is 0.701. The van der Waals surface area contributed by atoms with Gasteiger partial charge in [-0.3, -0.25) is 18.3 Å². The van der Waals surface area contributed by atoms with E-state index >= 15 is 0 Å². The van der Waals surface area contributed by atoms with Gasteiger partial charge in [-0.15, -0.1) is 0 Å². The number of hydrogen-bond donors (Lipinski definition) is 0. The standard InChI is InChI=1S/C18H25N5O3/c1-5-8-21-16(24)14-15(20(4)18(21)25)19-17-22(10-13-7-6-9-26-13)11(2)12(3)23(14)17/h13H,5-10H2,1-4H3. The summed E-state index contributed by atoms with van der Waals surface area (Å²) in [5.41, 5.74) is 2.37. The van der Waals surface area contributed by atoms with Crippen molar-refractivity contribution < 1.29 is 4.74 Å². The van der Waals surface area contributed by atoms with Crippen LogP contribution in [0.4, 0.5) is 0 Å². The van der Waals surface area contributed by atoms with Gasteiger partial charge in [-0.25, -0.2) is 4.79 Å². The summed E-state index contributed by atoms with van der Waals surface area (Å²) in [6.07, 6.45) is 3.00. The van der Waals surface area contributed by atoms with Gasteiger partial charge in [-0.05, 0) is 33.1 Å². The molecule has 3 aromatic heterocycles. The van der Waals surface area contributed by atoms with Crippen molar-refractivity contribution in [3.63, 3.8) is 0 Å². The number of hydrogen-bond acceptors (Lipinski definition) is 4. The van der Waals surface area contributed by atoms with E-state index in [1.54, 1.807) is 7.05 Å². The zero-order chi connectivity index (χ0) is 18.6. The van der Waals surface area contributed by atoms with Crippen LogP contribution in [0.25, 0.3) is 16.9 Å². The highest BCUT2D eigenvalue weighted by Gasteiger charge is 2.24. The second kappa shape index (κ2) is 6.12. The molecule has 0 saturated carbocycles. The summed E-state index contributed by atoms with van der Waals surface area (Å²) in [6.45, 7) is 7.90. The fraction of sp³-hybridized carbons (Fsp3) is 0.611. The third-order valence-corrected chi connectivity index (χ3v) is 5.49. The molecule has 4 heterocycles. The molecule has 8 heteroatoms. The Morgan fingerprint density at radius 1 is 1.19 bits per heavy atom.